The van der Waals surface area contributed by atoms with Crippen molar-refractivity contribution < 1.29 is 4.39 Å². The van der Waals surface area contributed by atoms with Crippen LogP contribution in [-0.4, -0.2) is 13.1 Å². The molecule has 0 radical (unpaired) electrons. The van der Waals surface area contributed by atoms with Crippen molar-refractivity contribution >= 4 is 28.7 Å². The van der Waals surface area contributed by atoms with Crippen molar-refractivity contribution in [1.29, 1.82) is 0 Å². The average Bonchev–Trinajstić information content (AvgIpc) is 2.75. The van der Waals surface area contributed by atoms with Crippen molar-refractivity contribution in [1.82, 2.24) is 0 Å². The quantitative estimate of drug-likeness (QED) is 0.830. The van der Waals surface area contributed by atoms with Crippen molar-refractivity contribution in [2.75, 3.05) is 29.5 Å². The zero-order chi connectivity index (χ0) is 13.3. The van der Waals surface area contributed by atoms with Crippen molar-refractivity contribution in [3.05, 3.63) is 16.9 Å². The minimum Gasteiger partial charge on any atom is -0.397 e. The molecule has 2 rings (SSSR count). The summed E-state index contributed by atoms with van der Waals surface area (Å²) >= 11 is 5.85. The molecule has 0 saturated carbocycles. The Morgan fingerprint density at radius 2 is 2.17 bits per heavy atom. The standard InChI is InChI=1S/C13H19ClFN3/c1-2-3-8-4-5-18(7-8)13-10(17)6-9(16)11(14)12(13)15/h6,8H,2-5,7,16-17H2,1H3. The second-order valence-corrected chi connectivity index (χ2v) is 5.30. The molecule has 1 aromatic carbocycles. The molecule has 1 aromatic rings. The molecule has 0 spiro atoms. The van der Waals surface area contributed by atoms with E-state index in [-0.39, 0.29) is 10.7 Å². The van der Waals surface area contributed by atoms with E-state index in [1.165, 1.54) is 12.5 Å². The topological polar surface area (TPSA) is 55.3 Å². The fourth-order valence-electron chi connectivity index (χ4n) is 2.66. The average molecular weight is 272 g/mol. The van der Waals surface area contributed by atoms with Gasteiger partial charge in [-0.15, -0.1) is 0 Å². The lowest BCUT2D eigenvalue weighted by Crippen LogP contribution is -2.22. The van der Waals surface area contributed by atoms with Gasteiger partial charge in [-0.05, 0) is 24.8 Å². The van der Waals surface area contributed by atoms with Crippen LogP contribution in [0.4, 0.5) is 21.5 Å². The first-order chi connectivity index (χ1) is 8.54. The SMILES string of the molecule is CCCC1CCN(c2c(N)cc(N)c(Cl)c2F)C1. The van der Waals surface area contributed by atoms with Crippen LogP contribution in [0.2, 0.25) is 5.02 Å². The number of hydrogen-bond acceptors (Lipinski definition) is 3. The van der Waals surface area contributed by atoms with Crippen LogP contribution >= 0.6 is 11.6 Å². The number of nitrogens with two attached hydrogens (primary N) is 2. The summed E-state index contributed by atoms with van der Waals surface area (Å²) in [7, 11) is 0. The maximum Gasteiger partial charge on any atom is 0.169 e. The Balaban J connectivity index is 2.27. The maximum absolute atomic E-state index is 14.2. The van der Waals surface area contributed by atoms with Gasteiger partial charge in [-0.2, -0.15) is 0 Å². The predicted octanol–water partition coefficient (Wildman–Crippen LogP) is 3.27. The van der Waals surface area contributed by atoms with Crippen LogP contribution in [0.3, 0.4) is 0 Å². The van der Waals surface area contributed by atoms with E-state index < -0.39 is 5.82 Å². The van der Waals surface area contributed by atoms with Gasteiger partial charge in [0, 0.05) is 13.1 Å². The smallest absolute Gasteiger partial charge is 0.169 e. The van der Waals surface area contributed by atoms with Crippen molar-refractivity contribution in [3.8, 4) is 0 Å². The van der Waals surface area contributed by atoms with E-state index >= 15 is 0 Å². The summed E-state index contributed by atoms with van der Waals surface area (Å²) in [5.41, 5.74) is 12.4. The second kappa shape index (κ2) is 5.22. The van der Waals surface area contributed by atoms with Gasteiger partial charge in [0.25, 0.3) is 0 Å². The van der Waals surface area contributed by atoms with Crippen molar-refractivity contribution in [2.24, 2.45) is 5.92 Å². The van der Waals surface area contributed by atoms with Gasteiger partial charge in [-0.25, -0.2) is 4.39 Å². The Morgan fingerprint density at radius 1 is 1.44 bits per heavy atom. The second-order valence-electron chi connectivity index (χ2n) is 4.92. The van der Waals surface area contributed by atoms with Crippen LogP contribution < -0.4 is 16.4 Å². The normalized spacial score (nSPS) is 19.5. The molecule has 1 atom stereocenters. The lowest BCUT2D eigenvalue weighted by atomic mass is 10.0. The number of hydrogen-bond donors (Lipinski definition) is 2. The maximum atomic E-state index is 14.2. The number of rotatable bonds is 3. The molecular weight excluding hydrogens is 253 g/mol. The van der Waals surface area contributed by atoms with Crippen LogP contribution in [0.1, 0.15) is 26.2 Å². The monoisotopic (exact) mass is 271 g/mol. The van der Waals surface area contributed by atoms with Crippen molar-refractivity contribution in [3.63, 3.8) is 0 Å². The first kappa shape index (κ1) is 13.3. The molecule has 0 bridgehead atoms. The molecule has 18 heavy (non-hydrogen) atoms. The summed E-state index contributed by atoms with van der Waals surface area (Å²) in [6, 6.07) is 1.54. The van der Waals surface area contributed by atoms with Gasteiger partial charge in [-0.1, -0.05) is 24.9 Å². The fraction of sp³-hybridized carbons (Fsp3) is 0.538. The Kier molecular flexibility index (Phi) is 3.85. The van der Waals surface area contributed by atoms with E-state index in [1.807, 2.05) is 4.90 Å². The summed E-state index contributed by atoms with van der Waals surface area (Å²) in [5, 5.41) is -0.0295. The minimum atomic E-state index is -0.494. The molecule has 1 unspecified atom stereocenters. The van der Waals surface area contributed by atoms with Gasteiger partial charge < -0.3 is 16.4 Å². The molecule has 1 heterocycles. The van der Waals surface area contributed by atoms with Gasteiger partial charge in [0.1, 0.15) is 5.02 Å². The van der Waals surface area contributed by atoms with E-state index in [1.54, 1.807) is 0 Å². The lowest BCUT2D eigenvalue weighted by Gasteiger charge is -2.22. The van der Waals surface area contributed by atoms with Crippen LogP contribution in [0.25, 0.3) is 0 Å². The number of halogens is 2. The third-order valence-electron chi connectivity index (χ3n) is 3.54. The molecule has 4 N–H and O–H groups in total. The molecule has 3 nitrogen and oxygen atoms in total. The third-order valence-corrected chi connectivity index (χ3v) is 3.92. The zero-order valence-electron chi connectivity index (χ0n) is 10.5. The molecule has 0 aliphatic carbocycles. The summed E-state index contributed by atoms with van der Waals surface area (Å²) in [6.07, 6.45) is 3.40. The molecule has 1 fully saturated rings. The highest BCUT2D eigenvalue weighted by Gasteiger charge is 2.27. The van der Waals surface area contributed by atoms with Gasteiger partial charge in [0.15, 0.2) is 5.82 Å². The molecule has 1 aliphatic rings. The number of nitrogen functional groups attached to an aromatic ring is 2. The van der Waals surface area contributed by atoms with Gasteiger partial charge in [-0.3, -0.25) is 0 Å². The van der Waals surface area contributed by atoms with Crippen LogP contribution in [0.15, 0.2) is 6.07 Å². The van der Waals surface area contributed by atoms with E-state index in [0.29, 0.717) is 17.3 Å². The molecule has 0 amide bonds. The number of anilines is 3. The molecule has 100 valence electrons. The summed E-state index contributed by atoms with van der Waals surface area (Å²) in [6.45, 7) is 3.83. The number of benzene rings is 1. The highest BCUT2D eigenvalue weighted by Crippen LogP contribution is 2.38. The largest absolute Gasteiger partial charge is 0.397 e. The molecule has 5 heteroatoms. The fourth-order valence-corrected chi connectivity index (χ4v) is 2.80. The van der Waals surface area contributed by atoms with E-state index in [9.17, 15) is 4.39 Å². The Hall–Kier alpha value is -1.16. The van der Waals surface area contributed by atoms with Crippen LogP contribution in [0, 0.1) is 11.7 Å². The van der Waals surface area contributed by atoms with E-state index in [2.05, 4.69) is 6.92 Å². The lowest BCUT2D eigenvalue weighted by molar-refractivity contribution is 0.529. The summed E-state index contributed by atoms with van der Waals surface area (Å²) < 4.78 is 14.2. The Labute approximate surface area is 112 Å². The highest BCUT2D eigenvalue weighted by atomic mass is 35.5. The molecule has 1 aliphatic heterocycles. The zero-order valence-corrected chi connectivity index (χ0v) is 11.3. The Morgan fingerprint density at radius 3 is 2.83 bits per heavy atom. The first-order valence-corrected chi connectivity index (χ1v) is 6.70. The van der Waals surface area contributed by atoms with Crippen LogP contribution in [0.5, 0.6) is 0 Å². The predicted molar refractivity (Wildman–Crippen MR) is 75.5 cm³/mol. The molecule has 0 aromatic heterocycles. The van der Waals surface area contributed by atoms with E-state index in [0.717, 1.165) is 25.9 Å². The van der Waals surface area contributed by atoms with Gasteiger partial charge in [0.05, 0.1) is 17.1 Å². The summed E-state index contributed by atoms with van der Waals surface area (Å²) in [5.74, 6) is 0.122. The van der Waals surface area contributed by atoms with Crippen molar-refractivity contribution in [2.45, 2.75) is 26.2 Å². The van der Waals surface area contributed by atoms with Gasteiger partial charge >= 0.3 is 0 Å². The van der Waals surface area contributed by atoms with Gasteiger partial charge in [0.2, 0.25) is 0 Å². The molecular formula is C13H19ClFN3. The highest BCUT2D eigenvalue weighted by molar-refractivity contribution is 6.33. The van der Waals surface area contributed by atoms with E-state index in [4.69, 9.17) is 23.1 Å². The first-order valence-electron chi connectivity index (χ1n) is 6.32. The summed E-state index contributed by atoms with van der Waals surface area (Å²) in [4.78, 5) is 1.98. The minimum absolute atomic E-state index is 0.0295. The Bertz CT molecular complexity index is 450. The number of nitrogens with zero attached hydrogens (tertiary/aromatic N) is 1. The van der Waals surface area contributed by atoms with Crippen LogP contribution in [-0.2, 0) is 0 Å². The molecule has 1 saturated heterocycles. The third kappa shape index (κ3) is 2.34.